The lowest BCUT2D eigenvalue weighted by Gasteiger charge is -2.31. The largest absolute Gasteiger partial charge is 0.474 e. The molecule has 120 valence electrons. The molecule has 0 spiro atoms. The quantitative estimate of drug-likeness (QED) is 0.853. The minimum atomic E-state index is -0.490. The van der Waals surface area contributed by atoms with Crippen LogP contribution in [0, 0.1) is 5.92 Å². The molecular weight excluding hydrogens is 304 g/mol. The number of ether oxygens (including phenoxy) is 2. The zero-order chi connectivity index (χ0) is 16.0. The van der Waals surface area contributed by atoms with Crippen molar-refractivity contribution in [1.29, 1.82) is 0 Å². The number of carbonyl (C=O) groups is 1. The first-order chi connectivity index (χ1) is 10.3. The maximum atomic E-state index is 12.4. The highest BCUT2D eigenvalue weighted by atomic mass is 35.5. The van der Waals surface area contributed by atoms with Crippen LogP contribution in [0.25, 0.3) is 0 Å². The highest BCUT2D eigenvalue weighted by Crippen LogP contribution is 2.56. The number of rotatable bonds is 3. The van der Waals surface area contributed by atoms with Crippen LogP contribution in [0.15, 0.2) is 18.3 Å². The van der Waals surface area contributed by atoms with Crippen LogP contribution >= 0.6 is 11.6 Å². The van der Waals surface area contributed by atoms with E-state index in [9.17, 15) is 4.79 Å². The molecule has 1 aromatic heterocycles. The lowest BCUT2D eigenvalue weighted by Crippen LogP contribution is -2.46. The Hall–Kier alpha value is -1.49. The third kappa shape index (κ3) is 2.86. The molecule has 1 saturated heterocycles. The summed E-state index contributed by atoms with van der Waals surface area (Å²) in [5.74, 6) is 0.905. The summed E-state index contributed by atoms with van der Waals surface area (Å²) in [5, 5.41) is 0.484. The highest BCUT2D eigenvalue weighted by molar-refractivity contribution is 6.31. The van der Waals surface area contributed by atoms with Gasteiger partial charge >= 0.3 is 6.09 Å². The van der Waals surface area contributed by atoms with Gasteiger partial charge in [0.05, 0.1) is 5.54 Å². The van der Waals surface area contributed by atoms with Crippen molar-refractivity contribution in [2.24, 2.45) is 5.92 Å². The highest BCUT2D eigenvalue weighted by Gasteiger charge is 2.65. The molecule has 6 heteroatoms. The van der Waals surface area contributed by atoms with Gasteiger partial charge in [-0.3, -0.25) is 4.90 Å². The summed E-state index contributed by atoms with van der Waals surface area (Å²) in [5.41, 5.74) is -0.737. The number of amides is 1. The van der Waals surface area contributed by atoms with E-state index in [0.717, 1.165) is 19.4 Å². The van der Waals surface area contributed by atoms with Crippen LogP contribution in [0.3, 0.4) is 0 Å². The lowest BCUT2D eigenvalue weighted by atomic mass is 10.2. The zero-order valence-corrected chi connectivity index (χ0v) is 13.9. The van der Waals surface area contributed by atoms with Gasteiger partial charge in [-0.15, -0.1) is 0 Å². The molecule has 0 N–H and O–H groups in total. The van der Waals surface area contributed by atoms with Gasteiger partial charge in [-0.2, -0.15) is 0 Å². The smallest absolute Gasteiger partial charge is 0.410 e. The zero-order valence-electron chi connectivity index (χ0n) is 13.1. The van der Waals surface area contributed by atoms with Crippen LogP contribution < -0.4 is 4.74 Å². The standard InChI is InChI=1S/C16H21ClN2O3/c1-15(2,3)22-14(20)19-8-6-11-9-16(11,19)10-21-13-12(17)5-4-7-18-13/h4-5,7,11H,6,8-10H2,1-3H3. The summed E-state index contributed by atoms with van der Waals surface area (Å²) in [6, 6.07) is 3.50. The second-order valence-electron chi connectivity index (χ2n) is 7.00. The molecule has 2 aliphatic rings. The van der Waals surface area contributed by atoms with Crippen LogP contribution in [0.2, 0.25) is 5.02 Å². The summed E-state index contributed by atoms with van der Waals surface area (Å²) in [6.45, 7) is 6.76. The maximum absolute atomic E-state index is 12.4. The summed E-state index contributed by atoms with van der Waals surface area (Å²) in [4.78, 5) is 18.3. The van der Waals surface area contributed by atoms with E-state index >= 15 is 0 Å². The number of carbonyl (C=O) groups excluding carboxylic acids is 1. The van der Waals surface area contributed by atoms with Crippen LogP contribution in [0.4, 0.5) is 4.79 Å². The van der Waals surface area contributed by atoms with E-state index < -0.39 is 5.60 Å². The van der Waals surface area contributed by atoms with Gasteiger partial charge in [-0.05, 0) is 51.7 Å². The second-order valence-corrected chi connectivity index (χ2v) is 7.41. The van der Waals surface area contributed by atoms with Gasteiger partial charge in [0.1, 0.15) is 17.2 Å². The minimum absolute atomic E-state index is 0.247. The molecule has 2 heterocycles. The third-order valence-electron chi connectivity index (χ3n) is 4.24. The molecule has 22 heavy (non-hydrogen) atoms. The summed E-state index contributed by atoms with van der Waals surface area (Å²) in [6.07, 6.45) is 3.34. The third-order valence-corrected chi connectivity index (χ3v) is 4.52. The second kappa shape index (κ2) is 5.30. The van der Waals surface area contributed by atoms with E-state index in [1.54, 1.807) is 18.3 Å². The molecular formula is C16H21ClN2O3. The molecule has 0 aromatic carbocycles. The van der Waals surface area contributed by atoms with E-state index in [0.29, 0.717) is 23.4 Å². The number of halogens is 1. The lowest BCUT2D eigenvalue weighted by molar-refractivity contribution is 0.0118. The molecule has 0 bridgehead atoms. The minimum Gasteiger partial charge on any atom is -0.474 e. The number of nitrogens with zero attached hydrogens (tertiary/aromatic N) is 2. The number of pyridine rings is 1. The fourth-order valence-corrected chi connectivity index (χ4v) is 3.27. The van der Waals surface area contributed by atoms with E-state index in [2.05, 4.69) is 4.98 Å². The molecule has 2 unspecified atom stereocenters. The SMILES string of the molecule is CC(C)(C)OC(=O)N1CCC2CC21COc1ncccc1Cl. The van der Waals surface area contributed by atoms with Crippen molar-refractivity contribution in [3.8, 4) is 5.88 Å². The van der Waals surface area contributed by atoms with Gasteiger partial charge in [0.25, 0.3) is 0 Å². The number of hydrogen-bond donors (Lipinski definition) is 0. The van der Waals surface area contributed by atoms with Crippen molar-refractivity contribution in [2.45, 2.75) is 44.8 Å². The van der Waals surface area contributed by atoms with Crippen LogP contribution in [0.1, 0.15) is 33.6 Å². The summed E-state index contributed by atoms with van der Waals surface area (Å²) < 4.78 is 11.3. The van der Waals surface area contributed by atoms with Gasteiger partial charge in [-0.1, -0.05) is 11.6 Å². The molecule has 2 atom stereocenters. The van der Waals surface area contributed by atoms with Crippen LogP contribution in [-0.4, -0.2) is 40.3 Å². The molecule has 1 amide bonds. The Bertz CT molecular complexity index is 587. The van der Waals surface area contributed by atoms with E-state index in [1.807, 2.05) is 25.7 Å². The van der Waals surface area contributed by atoms with Crippen molar-refractivity contribution in [3.05, 3.63) is 23.4 Å². The number of likely N-dealkylation sites (tertiary alicyclic amines) is 1. The monoisotopic (exact) mass is 324 g/mol. The van der Waals surface area contributed by atoms with Crippen molar-refractivity contribution < 1.29 is 14.3 Å². The number of hydrogen-bond acceptors (Lipinski definition) is 4. The molecule has 2 fully saturated rings. The normalized spacial score (nSPS) is 26.5. The van der Waals surface area contributed by atoms with E-state index in [4.69, 9.17) is 21.1 Å². The average Bonchev–Trinajstić information content (AvgIpc) is 3.01. The van der Waals surface area contributed by atoms with Crippen LogP contribution in [0.5, 0.6) is 5.88 Å². The van der Waals surface area contributed by atoms with Gasteiger partial charge in [0.2, 0.25) is 5.88 Å². The predicted octanol–water partition coefficient (Wildman–Crippen LogP) is 3.51. The Morgan fingerprint density at radius 2 is 2.32 bits per heavy atom. The maximum Gasteiger partial charge on any atom is 0.410 e. The topological polar surface area (TPSA) is 51.7 Å². The Kier molecular flexibility index (Phi) is 3.71. The average molecular weight is 325 g/mol. The van der Waals surface area contributed by atoms with Gasteiger partial charge in [0.15, 0.2) is 0 Å². The Labute approximate surface area is 135 Å². The van der Waals surface area contributed by atoms with E-state index in [-0.39, 0.29) is 11.6 Å². The van der Waals surface area contributed by atoms with Gasteiger partial charge in [-0.25, -0.2) is 9.78 Å². The van der Waals surface area contributed by atoms with Gasteiger partial charge in [0, 0.05) is 12.7 Å². The van der Waals surface area contributed by atoms with Crippen molar-refractivity contribution in [2.75, 3.05) is 13.2 Å². The van der Waals surface area contributed by atoms with Crippen LogP contribution in [-0.2, 0) is 4.74 Å². The first-order valence-corrected chi connectivity index (χ1v) is 7.93. The van der Waals surface area contributed by atoms with E-state index in [1.165, 1.54) is 0 Å². The summed E-state index contributed by atoms with van der Waals surface area (Å²) in [7, 11) is 0. The Balaban J connectivity index is 1.67. The molecule has 5 nitrogen and oxygen atoms in total. The molecule has 3 rings (SSSR count). The number of piperidine rings is 1. The molecule has 1 saturated carbocycles. The van der Waals surface area contributed by atoms with Crippen molar-refractivity contribution in [3.63, 3.8) is 0 Å². The Morgan fingerprint density at radius 1 is 1.55 bits per heavy atom. The first-order valence-electron chi connectivity index (χ1n) is 7.56. The molecule has 0 radical (unpaired) electrons. The molecule has 1 aliphatic carbocycles. The van der Waals surface area contributed by atoms with Gasteiger partial charge < -0.3 is 9.47 Å². The predicted molar refractivity (Wildman–Crippen MR) is 83.1 cm³/mol. The fraction of sp³-hybridized carbons (Fsp3) is 0.625. The fourth-order valence-electron chi connectivity index (χ4n) is 3.09. The van der Waals surface area contributed by atoms with Crippen molar-refractivity contribution >= 4 is 17.7 Å². The Morgan fingerprint density at radius 3 is 2.95 bits per heavy atom. The number of aromatic nitrogens is 1. The van der Waals surface area contributed by atoms with Crippen molar-refractivity contribution in [1.82, 2.24) is 9.88 Å². The first kappa shape index (κ1) is 15.4. The summed E-state index contributed by atoms with van der Waals surface area (Å²) >= 11 is 6.06. The molecule has 1 aliphatic heterocycles. The molecule has 1 aromatic rings. The number of fused-ring (bicyclic) bond motifs is 1.